The summed E-state index contributed by atoms with van der Waals surface area (Å²) in [5.74, 6) is -0.249. The molecular formula is C12H16N6O. The zero-order chi connectivity index (χ0) is 13.4. The molecule has 1 saturated heterocycles. The van der Waals surface area contributed by atoms with E-state index in [1.54, 1.807) is 15.6 Å². The minimum absolute atomic E-state index is 0.249. The van der Waals surface area contributed by atoms with Crippen molar-refractivity contribution >= 4 is 5.91 Å². The van der Waals surface area contributed by atoms with Crippen LogP contribution in [-0.4, -0.2) is 38.7 Å². The third-order valence-electron chi connectivity index (χ3n) is 3.36. The van der Waals surface area contributed by atoms with Crippen LogP contribution in [0.1, 0.15) is 27.9 Å². The SMILES string of the molecule is Cc1ccc(C)n1NC(=O)c1cn(C2CNC2)nn1. The van der Waals surface area contributed by atoms with E-state index in [9.17, 15) is 4.79 Å². The quantitative estimate of drug-likeness (QED) is 0.828. The molecule has 3 heterocycles. The number of amides is 1. The van der Waals surface area contributed by atoms with Gasteiger partial charge in [-0.2, -0.15) is 0 Å². The average Bonchev–Trinajstić information content (AvgIpc) is 2.89. The molecule has 0 aliphatic carbocycles. The lowest BCUT2D eigenvalue weighted by molar-refractivity contribution is 0.100. The Morgan fingerprint density at radius 2 is 2.05 bits per heavy atom. The first kappa shape index (κ1) is 11.9. The van der Waals surface area contributed by atoms with Gasteiger partial charge in [-0.3, -0.25) is 14.9 Å². The van der Waals surface area contributed by atoms with Crippen molar-refractivity contribution in [2.75, 3.05) is 18.5 Å². The fraction of sp³-hybridized carbons (Fsp3) is 0.417. The number of hydrogen-bond donors (Lipinski definition) is 2. The summed E-state index contributed by atoms with van der Waals surface area (Å²) in [6.45, 7) is 5.62. The topological polar surface area (TPSA) is 76.8 Å². The molecule has 3 rings (SSSR count). The molecule has 1 fully saturated rings. The van der Waals surface area contributed by atoms with Gasteiger partial charge in [0.2, 0.25) is 0 Å². The van der Waals surface area contributed by atoms with Gasteiger partial charge < -0.3 is 5.32 Å². The molecule has 0 radical (unpaired) electrons. The first-order chi connectivity index (χ1) is 9.15. The maximum absolute atomic E-state index is 12.1. The van der Waals surface area contributed by atoms with Gasteiger partial charge in [0.05, 0.1) is 12.2 Å². The Hall–Kier alpha value is -2.15. The molecule has 1 aliphatic rings. The van der Waals surface area contributed by atoms with Crippen LogP contribution >= 0.6 is 0 Å². The highest BCUT2D eigenvalue weighted by Gasteiger charge is 2.21. The number of carbonyl (C=O) groups is 1. The van der Waals surface area contributed by atoms with E-state index in [4.69, 9.17) is 0 Å². The normalized spacial score (nSPS) is 15.3. The largest absolute Gasteiger partial charge is 0.312 e. The van der Waals surface area contributed by atoms with E-state index < -0.39 is 0 Å². The van der Waals surface area contributed by atoms with Crippen LogP contribution in [0.25, 0.3) is 0 Å². The molecule has 0 spiro atoms. The van der Waals surface area contributed by atoms with E-state index in [1.807, 2.05) is 26.0 Å². The number of aryl methyl sites for hydroxylation is 2. The Labute approximate surface area is 110 Å². The molecule has 19 heavy (non-hydrogen) atoms. The minimum atomic E-state index is -0.249. The van der Waals surface area contributed by atoms with Gasteiger partial charge in [0, 0.05) is 24.5 Å². The van der Waals surface area contributed by atoms with Crippen molar-refractivity contribution in [1.29, 1.82) is 0 Å². The Balaban J connectivity index is 1.75. The van der Waals surface area contributed by atoms with Crippen LogP contribution in [0, 0.1) is 13.8 Å². The smallest absolute Gasteiger partial charge is 0.292 e. The molecule has 1 amide bonds. The van der Waals surface area contributed by atoms with Crippen molar-refractivity contribution in [2.45, 2.75) is 19.9 Å². The second-order valence-electron chi connectivity index (χ2n) is 4.79. The number of hydrogen-bond acceptors (Lipinski definition) is 4. The fourth-order valence-corrected chi connectivity index (χ4v) is 2.02. The van der Waals surface area contributed by atoms with Crippen molar-refractivity contribution < 1.29 is 4.79 Å². The lowest BCUT2D eigenvalue weighted by atomic mass is 10.2. The third kappa shape index (κ3) is 2.12. The zero-order valence-corrected chi connectivity index (χ0v) is 10.9. The Bertz CT molecular complexity index is 590. The van der Waals surface area contributed by atoms with Gasteiger partial charge in [0.25, 0.3) is 5.91 Å². The molecular weight excluding hydrogens is 244 g/mol. The van der Waals surface area contributed by atoms with Gasteiger partial charge in [-0.25, -0.2) is 4.68 Å². The number of rotatable bonds is 3. The van der Waals surface area contributed by atoms with Gasteiger partial charge in [-0.05, 0) is 26.0 Å². The first-order valence-corrected chi connectivity index (χ1v) is 6.24. The summed E-state index contributed by atoms with van der Waals surface area (Å²) >= 11 is 0. The number of nitrogens with one attached hydrogen (secondary N) is 2. The summed E-state index contributed by atoms with van der Waals surface area (Å²) in [6.07, 6.45) is 1.69. The molecule has 7 heteroatoms. The van der Waals surface area contributed by atoms with Crippen molar-refractivity contribution in [2.24, 2.45) is 0 Å². The fourth-order valence-electron chi connectivity index (χ4n) is 2.02. The molecule has 1 aliphatic heterocycles. The maximum Gasteiger partial charge on any atom is 0.292 e. The molecule has 0 unspecified atom stereocenters. The van der Waals surface area contributed by atoms with E-state index in [-0.39, 0.29) is 5.91 Å². The number of nitrogens with zero attached hydrogens (tertiary/aromatic N) is 4. The number of carbonyl (C=O) groups excluding carboxylic acids is 1. The second-order valence-corrected chi connectivity index (χ2v) is 4.79. The molecule has 100 valence electrons. The van der Waals surface area contributed by atoms with E-state index in [0.29, 0.717) is 11.7 Å². The summed E-state index contributed by atoms with van der Waals surface area (Å²) < 4.78 is 3.48. The summed E-state index contributed by atoms with van der Waals surface area (Å²) in [5, 5.41) is 11.1. The van der Waals surface area contributed by atoms with Crippen molar-refractivity contribution in [3.8, 4) is 0 Å². The van der Waals surface area contributed by atoms with Gasteiger partial charge in [-0.1, -0.05) is 5.21 Å². The Morgan fingerprint density at radius 3 is 2.63 bits per heavy atom. The highest BCUT2D eigenvalue weighted by atomic mass is 16.2. The van der Waals surface area contributed by atoms with E-state index in [2.05, 4.69) is 21.1 Å². The van der Waals surface area contributed by atoms with Crippen LogP contribution in [-0.2, 0) is 0 Å². The van der Waals surface area contributed by atoms with Crippen LogP contribution in [0.4, 0.5) is 0 Å². The van der Waals surface area contributed by atoms with E-state index in [1.165, 1.54) is 0 Å². The van der Waals surface area contributed by atoms with Crippen LogP contribution in [0.2, 0.25) is 0 Å². The number of aromatic nitrogens is 4. The van der Waals surface area contributed by atoms with Gasteiger partial charge >= 0.3 is 0 Å². The summed E-state index contributed by atoms with van der Waals surface area (Å²) in [7, 11) is 0. The molecule has 2 N–H and O–H groups in total. The van der Waals surface area contributed by atoms with Gasteiger partial charge in [0.1, 0.15) is 0 Å². The molecule has 0 bridgehead atoms. The van der Waals surface area contributed by atoms with Crippen molar-refractivity contribution in [3.05, 3.63) is 35.4 Å². The van der Waals surface area contributed by atoms with Gasteiger partial charge in [-0.15, -0.1) is 5.10 Å². The van der Waals surface area contributed by atoms with Crippen LogP contribution in [0.5, 0.6) is 0 Å². The predicted molar refractivity (Wildman–Crippen MR) is 69.5 cm³/mol. The lowest BCUT2D eigenvalue weighted by Gasteiger charge is -2.26. The van der Waals surface area contributed by atoms with Gasteiger partial charge in [0.15, 0.2) is 5.69 Å². The third-order valence-corrected chi connectivity index (χ3v) is 3.36. The van der Waals surface area contributed by atoms with Crippen LogP contribution < -0.4 is 10.7 Å². The van der Waals surface area contributed by atoms with Crippen LogP contribution in [0.3, 0.4) is 0 Å². The molecule has 2 aromatic rings. The Kier molecular flexibility index (Phi) is 2.83. The first-order valence-electron chi connectivity index (χ1n) is 6.24. The van der Waals surface area contributed by atoms with Crippen LogP contribution in [0.15, 0.2) is 18.3 Å². The average molecular weight is 260 g/mol. The lowest BCUT2D eigenvalue weighted by Crippen LogP contribution is -2.43. The zero-order valence-electron chi connectivity index (χ0n) is 10.9. The monoisotopic (exact) mass is 260 g/mol. The molecule has 0 aromatic carbocycles. The van der Waals surface area contributed by atoms with E-state index in [0.717, 1.165) is 24.5 Å². The standard InChI is InChI=1S/C12H16N6O/c1-8-3-4-9(2)18(8)15-12(19)11-7-17(16-14-11)10-5-13-6-10/h3-4,7,10,13H,5-6H2,1-2H3,(H,15,19). The summed E-state index contributed by atoms with van der Waals surface area (Å²) in [5.41, 5.74) is 5.09. The second kappa shape index (κ2) is 4.51. The van der Waals surface area contributed by atoms with Crippen molar-refractivity contribution in [1.82, 2.24) is 25.0 Å². The highest BCUT2D eigenvalue weighted by molar-refractivity contribution is 5.98. The highest BCUT2D eigenvalue weighted by Crippen LogP contribution is 2.10. The summed E-state index contributed by atoms with van der Waals surface area (Å²) in [6, 6.07) is 4.21. The Morgan fingerprint density at radius 1 is 1.37 bits per heavy atom. The molecule has 0 atom stereocenters. The predicted octanol–water partition coefficient (Wildman–Crippen LogP) is 0.225. The summed E-state index contributed by atoms with van der Waals surface area (Å²) in [4.78, 5) is 12.1. The maximum atomic E-state index is 12.1. The van der Waals surface area contributed by atoms with E-state index >= 15 is 0 Å². The molecule has 0 saturated carbocycles. The minimum Gasteiger partial charge on any atom is -0.312 e. The molecule has 2 aromatic heterocycles. The molecule has 7 nitrogen and oxygen atoms in total. The van der Waals surface area contributed by atoms with Crippen molar-refractivity contribution in [3.63, 3.8) is 0 Å².